The van der Waals surface area contributed by atoms with Crippen molar-refractivity contribution >= 4 is 5.91 Å². The number of quaternary nitrogens is 1. The normalized spacial score (nSPS) is 21.6. The van der Waals surface area contributed by atoms with Crippen LogP contribution in [0, 0.1) is 5.92 Å². The number of carbonyl (C=O) groups excluding carboxylic acids is 1. The largest absolute Gasteiger partial charge is 0.370 e. The molecule has 2 aliphatic rings. The Labute approximate surface area is 145 Å². The molecule has 1 saturated heterocycles. The molecule has 1 atom stereocenters. The van der Waals surface area contributed by atoms with Gasteiger partial charge in [-0.25, -0.2) is 0 Å². The van der Waals surface area contributed by atoms with Crippen molar-refractivity contribution in [3.8, 4) is 0 Å². The van der Waals surface area contributed by atoms with Crippen LogP contribution in [0.5, 0.6) is 0 Å². The predicted octanol–water partition coefficient (Wildman–Crippen LogP) is 1.40. The molecule has 0 saturated carbocycles. The third kappa shape index (κ3) is 4.92. The molecular formula is C20H29N2O2+. The van der Waals surface area contributed by atoms with E-state index in [1.54, 1.807) is 4.90 Å². The fourth-order valence-corrected chi connectivity index (χ4v) is 3.58. The van der Waals surface area contributed by atoms with Crippen LogP contribution in [0.3, 0.4) is 0 Å². The molecule has 24 heavy (non-hydrogen) atoms. The topological polar surface area (TPSA) is 34.0 Å². The Morgan fingerprint density at radius 2 is 1.96 bits per heavy atom. The fraction of sp³-hybridized carbons (Fsp3) is 0.550. The van der Waals surface area contributed by atoms with Crippen LogP contribution in [0.25, 0.3) is 0 Å². The fourth-order valence-electron chi connectivity index (χ4n) is 3.58. The molecule has 1 aliphatic carbocycles. The molecule has 1 heterocycles. The van der Waals surface area contributed by atoms with Gasteiger partial charge in [-0.05, 0) is 37.3 Å². The third-order valence-corrected chi connectivity index (χ3v) is 5.10. The zero-order valence-electron chi connectivity index (χ0n) is 14.5. The lowest BCUT2D eigenvalue weighted by Gasteiger charge is -2.31. The molecule has 4 heteroatoms. The van der Waals surface area contributed by atoms with Crippen LogP contribution in [0.2, 0.25) is 0 Å². The lowest BCUT2D eigenvalue weighted by Crippen LogP contribution is -3.14. The molecule has 1 amide bonds. The molecule has 0 radical (unpaired) electrons. The van der Waals surface area contributed by atoms with Crippen LogP contribution in [-0.2, 0) is 4.74 Å². The van der Waals surface area contributed by atoms with Crippen molar-refractivity contribution in [2.45, 2.75) is 19.3 Å². The summed E-state index contributed by atoms with van der Waals surface area (Å²) in [6, 6.07) is 9.71. The van der Waals surface area contributed by atoms with Crippen molar-refractivity contribution in [3.63, 3.8) is 0 Å². The van der Waals surface area contributed by atoms with Crippen LogP contribution in [-0.4, -0.2) is 56.7 Å². The van der Waals surface area contributed by atoms with Crippen LogP contribution < -0.4 is 4.90 Å². The monoisotopic (exact) mass is 329 g/mol. The number of amides is 1. The Bertz CT molecular complexity index is 538. The molecule has 0 aromatic heterocycles. The number of rotatable bonds is 6. The maximum Gasteiger partial charge on any atom is 0.254 e. The summed E-state index contributed by atoms with van der Waals surface area (Å²) in [6.45, 7) is 6.53. The number of carbonyl (C=O) groups is 1. The van der Waals surface area contributed by atoms with Crippen LogP contribution in [0.1, 0.15) is 29.6 Å². The first kappa shape index (κ1) is 17.2. The molecule has 1 aromatic carbocycles. The van der Waals surface area contributed by atoms with Crippen molar-refractivity contribution in [1.29, 1.82) is 0 Å². The first-order chi connectivity index (χ1) is 11.8. The molecule has 1 aromatic rings. The second-order valence-corrected chi connectivity index (χ2v) is 6.88. The van der Waals surface area contributed by atoms with Crippen molar-refractivity contribution in [3.05, 3.63) is 48.0 Å². The molecule has 0 spiro atoms. The summed E-state index contributed by atoms with van der Waals surface area (Å²) in [4.78, 5) is 16.6. The van der Waals surface area contributed by atoms with Gasteiger partial charge in [0.05, 0.1) is 26.3 Å². The number of nitrogens with zero attached hydrogens (tertiary/aromatic N) is 1. The van der Waals surface area contributed by atoms with Crippen molar-refractivity contribution in [2.75, 3.05) is 45.9 Å². The van der Waals surface area contributed by atoms with E-state index in [1.807, 2.05) is 30.3 Å². The molecule has 1 N–H and O–H groups in total. The highest BCUT2D eigenvalue weighted by Gasteiger charge is 2.23. The van der Waals surface area contributed by atoms with Crippen LogP contribution >= 0.6 is 0 Å². The van der Waals surface area contributed by atoms with Gasteiger partial charge in [0.2, 0.25) is 0 Å². The van der Waals surface area contributed by atoms with Crippen LogP contribution in [0.15, 0.2) is 42.5 Å². The predicted molar refractivity (Wildman–Crippen MR) is 95.2 cm³/mol. The van der Waals surface area contributed by atoms with E-state index in [-0.39, 0.29) is 5.91 Å². The van der Waals surface area contributed by atoms with Crippen molar-refractivity contribution in [1.82, 2.24) is 4.90 Å². The second-order valence-electron chi connectivity index (χ2n) is 6.88. The highest BCUT2D eigenvalue weighted by molar-refractivity contribution is 5.94. The van der Waals surface area contributed by atoms with Gasteiger partial charge in [-0.15, -0.1) is 0 Å². The van der Waals surface area contributed by atoms with E-state index in [9.17, 15) is 4.79 Å². The number of benzene rings is 1. The number of morpholine rings is 1. The Hall–Kier alpha value is -1.65. The molecule has 4 nitrogen and oxygen atoms in total. The molecule has 1 aliphatic heterocycles. The average molecular weight is 329 g/mol. The number of allylic oxidation sites excluding steroid dienone is 2. The maximum absolute atomic E-state index is 13.0. The lowest BCUT2D eigenvalue weighted by molar-refractivity contribution is -0.907. The summed E-state index contributed by atoms with van der Waals surface area (Å²) in [5.74, 6) is 0.778. The van der Waals surface area contributed by atoms with E-state index in [2.05, 4.69) is 17.1 Å². The number of hydrogen-bond acceptors (Lipinski definition) is 2. The van der Waals surface area contributed by atoms with Gasteiger partial charge in [0.25, 0.3) is 5.91 Å². The summed E-state index contributed by atoms with van der Waals surface area (Å²) >= 11 is 0. The first-order valence-electron chi connectivity index (χ1n) is 9.23. The van der Waals surface area contributed by atoms with E-state index in [4.69, 9.17) is 4.74 Å². The van der Waals surface area contributed by atoms with Gasteiger partial charge >= 0.3 is 0 Å². The second kappa shape index (κ2) is 9.00. The van der Waals surface area contributed by atoms with Gasteiger partial charge in [-0.3, -0.25) is 4.79 Å². The Morgan fingerprint density at radius 3 is 2.67 bits per heavy atom. The van der Waals surface area contributed by atoms with E-state index < -0.39 is 0 Å². The van der Waals surface area contributed by atoms with Gasteiger partial charge in [-0.2, -0.15) is 0 Å². The molecule has 1 fully saturated rings. The van der Waals surface area contributed by atoms with Crippen molar-refractivity contribution < 1.29 is 14.4 Å². The van der Waals surface area contributed by atoms with E-state index in [1.165, 1.54) is 6.42 Å². The maximum atomic E-state index is 13.0. The molecule has 0 unspecified atom stereocenters. The molecule has 3 rings (SSSR count). The van der Waals surface area contributed by atoms with Gasteiger partial charge in [0.15, 0.2) is 0 Å². The first-order valence-corrected chi connectivity index (χ1v) is 9.23. The van der Waals surface area contributed by atoms with Gasteiger partial charge in [0.1, 0.15) is 13.1 Å². The van der Waals surface area contributed by atoms with Crippen molar-refractivity contribution in [2.24, 2.45) is 5.92 Å². The zero-order valence-corrected chi connectivity index (χ0v) is 14.5. The minimum absolute atomic E-state index is 0.179. The summed E-state index contributed by atoms with van der Waals surface area (Å²) in [5.41, 5.74) is 0.806. The molecular weight excluding hydrogens is 300 g/mol. The minimum atomic E-state index is 0.179. The highest BCUT2D eigenvalue weighted by Crippen LogP contribution is 2.20. The number of hydrogen-bond donors (Lipinski definition) is 1. The Balaban J connectivity index is 1.62. The lowest BCUT2D eigenvalue weighted by atomic mass is 9.93. The highest BCUT2D eigenvalue weighted by atomic mass is 16.5. The Morgan fingerprint density at radius 1 is 1.17 bits per heavy atom. The molecule has 130 valence electrons. The number of ether oxygens (including phenoxy) is 1. The van der Waals surface area contributed by atoms with E-state index in [0.29, 0.717) is 5.92 Å². The Kier molecular flexibility index (Phi) is 6.44. The van der Waals surface area contributed by atoms with Crippen LogP contribution in [0.4, 0.5) is 0 Å². The third-order valence-electron chi connectivity index (χ3n) is 5.10. The standard InChI is InChI=1S/C20H28N2O2/c23-20(19-9-5-2-6-10-19)22(17-18-7-3-1-4-8-18)12-11-21-13-15-24-16-14-21/h1-3,5-6,9-10,18H,4,7-8,11-17H2/p+1/t18-/m1/s1. The van der Waals surface area contributed by atoms with Gasteiger partial charge in [0, 0.05) is 12.1 Å². The zero-order chi connectivity index (χ0) is 16.6. The van der Waals surface area contributed by atoms with E-state index in [0.717, 1.165) is 64.3 Å². The van der Waals surface area contributed by atoms with Gasteiger partial charge < -0.3 is 14.5 Å². The molecule has 0 bridgehead atoms. The summed E-state index contributed by atoms with van der Waals surface area (Å²) in [5, 5.41) is 0. The SMILES string of the molecule is O=C(c1ccccc1)N(CC[NH+]1CCOCC1)C[C@@H]1CC=CCC1. The van der Waals surface area contributed by atoms with Gasteiger partial charge in [-0.1, -0.05) is 30.4 Å². The summed E-state index contributed by atoms with van der Waals surface area (Å²) < 4.78 is 5.44. The minimum Gasteiger partial charge on any atom is -0.370 e. The average Bonchev–Trinajstić information content (AvgIpc) is 2.67. The number of nitrogens with one attached hydrogen (secondary N) is 1. The summed E-state index contributed by atoms with van der Waals surface area (Å²) in [7, 11) is 0. The quantitative estimate of drug-likeness (QED) is 0.801. The smallest absolute Gasteiger partial charge is 0.254 e. The van der Waals surface area contributed by atoms with E-state index >= 15 is 0 Å². The summed E-state index contributed by atoms with van der Waals surface area (Å²) in [6.07, 6.45) is 7.97.